The molecule has 1 N–H and O–H groups in total. The minimum absolute atomic E-state index is 0.152. The molecule has 100 valence electrons. The molecule has 5 heteroatoms. The Morgan fingerprint density at radius 1 is 0.900 bits per heavy atom. The van der Waals surface area contributed by atoms with Crippen LogP contribution in [0, 0.1) is 0 Å². The molecule has 20 heavy (non-hydrogen) atoms. The molecular formula is C15H7Cl3O2. The Bertz CT molecular complexity index is 872. The van der Waals surface area contributed by atoms with Gasteiger partial charge < -0.3 is 5.11 Å². The first-order chi connectivity index (χ1) is 9.47. The van der Waals surface area contributed by atoms with Gasteiger partial charge in [-0.25, -0.2) is 4.79 Å². The van der Waals surface area contributed by atoms with E-state index in [1.807, 2.05) is 6.07 Å². The maximum Gasteiger partial charge on any atom is 0.336 e. The zero-order valence-corrected chi connectivity index (χ0v) is 12.2. The summed E-state index contributed by atoms with van der Waals surface area (Å²) in [5.74, 6) is -1.03. The lowest BCUT2D eigenvalue weighted by Gasteiger charge is -2.10. The van der Waals surface area contributed by atoms with Crippen LogP contribution in [0.15, 0.2) is 36.4 Å². The number of rotatable bonds is 1. The number of carboxylic acid groups (broad SMARTS) is 1. The van der Waals surface area contributed by atoms with Gasteiger partial charge in [0.05, 0.1) is 10.6 Å². The Hall–Kier alpha value is -1.48. The maximum absolute atomic E-state index is 11.4. The second-order valence-corrected chi connectivity index (χ2v) is 5.68. The van der Waals surface area contributed by atoms with Gasteiger partial charge in [-0.15, -0.1) is 0 Å². The molecular weight excluding hydrogens is 319 g/mol. The third-order valence-electron chi connectivity index (χ3n) is 3.16. The van der Waals surface area contributed by atoms with E-state index in [0.717, 1.165) is 10.8 Å². The van der Waals surface area contributed by atoms with Gasteiger partial charge in [0, 0.05) is 15.4 Å². The van der Waals surface area contributed by atoms with Gasteiger partial charge in [-0.05, 0) is 46.5 Å². The number of halogens is 3. The van der Waals surface area contributed by atoms with Gasteiger partial charge in [0.25, 0.3) is 0 Å². The largest absolute Gasteiger partial charge is 0.478 e. The third-order valence-corrected chi connectivity index (χ3v) is 3.91. The fraction of sp³-hybridized carbons (Fsp3) is 0. The van der Waals surface area contributed by atoms with Gasteiger partial charge in [0.1, 0.15) is 0 Å². The van der Waals surface area contributed by atoms with E-state index in [4.69, 9.17) is 34.8 Å². The predicted octanol–water partition coefficient (Wildman–Crippen LogP) is 5.65. The molecule has 0 aromatic heterocycles. The van der Waals surface area contributed by atoms with Crippen molar-refractivity contribution in [1.82, 2.24) is 0 Å². The molecule has 0 unspecified atom stereocenters. The van der Waals surface area contributed by atoms with Crippen LogP contribution in [-0.2, 0) is 0 Å². The first-order valence-electron chi connectivity index (χ1n) is 5.71. The van der Waals surface area contributed by atoms with E-state index in [2.05, 4.69) is 0 Å². The number of hydrogen-bond acceptors (Lipinski definition) is 1. The third kappa shape index (κ3) is 2.10. The quantitative estimate of drug-likeness (QED) is 0.587. The van der Waals surface area contributed by atoms with Crippen LogP contribution in [0.1, 0.15) is 10.4 Å². The van der Waals surface area contributed by atoms with Gasteiger partial charge in [0.2, 0.25) is 0 Å². The van der Waals surface area contributed by atoms with Gasteiger partial charge in [-0.2, -0.15) is 0 Å². The number of fused-ring (bicyclic) bond motifs is 3. The highest BCUT2D eigenvalue weighted by atomic mass is 35.5. The highest BCUT2D eigenvalue weighted by molar-refractivity contribution is 6.41. The molecule has 0 radical (unpaired) electrons. The molecule has 2 nitrogen and oxygen atoms in total. The van der Waals surface area contributed by atoms with Crippen LogP contribution in [0.25, 0.3) is 21.5 Å². The molecule has 0 saturated carbocycles. The second kappa shape index (κ2) is 4.81. The summed E-state index contributed by atoms with van der Waals surface area (Å²) >= 11 is 18.2. The smallest absolute Gasteiger partial charge is 0.336 e. The Labute approximate surface area is 129 Å². The van der Waals surface area contributed by atoms with Crippen molar-refractivity contribution < 1.29 is 9.90 Å². The lowest BCUT2D eigenvalue weighted by molar-refractivity contribution is 0.0699. The number of carboxylic acids is 1. The summed E-state index contributed by atoms with van der Waals surface area (Å²) in [5, 5.41) is 13.5. The number of aromatic carboxylic acids is 1. The Morgan fingerprint density at radius 3 is 2.35 bits per heavy atom. The zero-order valence-electron chi connectivity index (χ0n) is 9.95. The van der Waals surface area contributed by atoms with Crippen molar-refractivity contribution in [3.8, 4) is 0 Å². The topological polar surface area (TPSA) is 37.3 Å². The van der Waals surface area contributed by atoms with Crippen LogP contribution < -0.4 is 0 Å². The molecule has 0 atom stereocenters. The van der Waals surface area contributed by atoms with Crippen LogP contribution in [0.3, 0.4) is 0 Å². The van der Waals surface area contributed by atoms with Crippen molar-refractivity contribution in [3.05, 3.63) is 57.0 Å². The Balaban J connectivity index is 2.62. The van der Waals surface area contributed by atoms with Crippen LogP contribution in [0.5, 0.6) is 0 Å². The average molecular weight is 326 g/mol. The van der Waals surface area contributed by atoms with Crippen molar-refractivity contribution in [2.75, 3.05) is 0 Å². The van der Waals surface area contributed by atoms with Gasteiger partial charge in [-0.1, -0.05) is 40.9 Å². The Kier molecular flexibility index (Phi) is 3.25. The van der Waals surface area contributed by atoms with Crippen molar-refractivity contribution in [3.63, 3.8) is 0 Å². The summed E-state index contributed by atoms with van der Waals surface area (Å²) in [7, 11) is 0. The molecule has 0 aliphatic rings. The van der Waals surface area contributed by atoms with Crippen LogP contribution in [-0.4, -0.2) is 11.1 Å². The number of hydrogen-bond donors (Lipinski definition) is 1. The molecule has 0 amide bonds. The molecule has 3 aromatic rings. The lowest BCUT2D eigenvalue weighted by atomic mass is 9.97. The minimum Gasteiger partial charge on any atom is -0.478 e. The van der Waals surface area contributed by atoms with E-state index in [9.17, 15) is 9.90 Å². The molecule has 0 bridgehead atoms. The van der Waals surface area contributed by atoms with E-state index < -0.39 is 5.97 Å². The summed E-state index contributed by atoms with van der Waals surface area (Å²) in [5.41, 5.74) is 0.152. The first kappa shape index (κ1) is 13.5. The van der Waals surface area contributed by atoms with Gasteiger partial charge in [-0.3, -0.25) is 0 Å². The highest BCUT2D eigenvalue weighted by Gasteiger charge is 2.15. The van der Waals surface area contributed by atoms with Crippen molar-refractivity contribution in [1.29, 1.82) is 0 Å². The van der Waals surface area contributed by atoms with Gasteiger partial charge in [0.15, 0.2) is 0 Å². The molecule has 0 saturated heterocycles. The number of carbonyl (C=O) groups is 1. The zero-order chi connectivity index (χ0) is 14.4. The highest BCUT2D eigenvalue weighted by Crippen LogP contribution is 2.37. The van der Waals surface area contributed by atoms with E-state index in [1.54, 1.807) is 30.3 Å². The fourth-order valence-corrected chi connectivity index (χ4v) is 3.13. The lowest BCUT2D eigenvalue weighted by Crippen LogP contribution is -1.98. The summed E-state index contributed by atoms with van der Waals surface area (Å²) in [6, 6.07) is 10.1. The monoisotopic (exact) mass is 324 g/mol. The predicted molar refractivity (Wildman–Crippen MR) is 83.4 cm³/mol. The number of benzene rings is 3. The van der Waals surface area contributed by atoms with Gasteiger partial charge >= 0.3 is 5.97 Å². The molecule has 3 rings (SSSR count). The van der Waals surface area contributed by atoms with E-state index >= 15 is 0 Å². The summed E-state index contributed by atoms with van der Waals surface area (Å²) < 4.78 is 0. The van der Waals surface area contributed by atoms with Crippen molar-refractivity contribution in [2.45, 2.75) is 0 Å². The van der Waals surface area contributed by atoms with Crippen molar-refractivity contribution in [2.24, 2.45) is 0 Å². The molecule has 0 aliphatic heterocycles. The SMILES string of the molecule is O=C(O)c1cc2cc(Cl)ccc2c2c(Cl)cc(Cl)cc12. The normalized spacial score (nSPS) is 11.2. The standard InChI is InChI=1S/C15H7Cl3O2/c16-8-1-2-10-7(3-8)4-12(15(19)20)11-5-9(17)6-13(18)14(10)11/h1-6H,(H,19,20). The first-order valence-corrected chi connectivity index (χ1v) is 6.85. The van der Waals surface area contributed by atoms with E-state index in [1.165, 1.54) is 0 Å². The molecule has 0 fully saturated rings. The minimum atomic E-state index is -1.03. The second-order valence-electron chi connectivity index (χ2n) is 4.40. The molecule has 0 heterocycles. The summed E-state index contributed by atoms with van der Waals surface area (Å²) in [6.45, 7) is 0. The fourth-order valence-electron chi connectivity index (χ4n) is 2.35. The van der Waals surface area contributed by atoms with E-state index in [0.29, 0.717) is 25.8 Å². The van der Waals surface area contributed by atoms with E-state index in [-0.39, 0.29) is 5.56 Å². The molecule has 0 spiro atoms. The summed E-state index contributed by atoms with van der Waals surface area (Å²) in [4.78, 5) is 11.4. The van der Waals surface area contributed by atoms with Crippen molar-refractivity contribution >= 4 is 62.3 Å². The average Bonchev–Trinajstić information content (AvgIpc) is 2.36. The van der Waals surface area contributed by atoms with Crippen LogP contribution >= 0.6 is 34.8 Å². The molecule has 0 aliphatic carbocycles. The van der Waals surface area contributed by atoms with Crippen LogP contribution in [0.4, 0.5) is 0 Å². The molecule has 3 aromatic carbocycles. The van der Waals surface area contributed by atoms with Crippen LogP contribution in [0.2, 0.25) is 15.1 Å². The maximum atomic E-state index is 11.4. The summed E-state index contributed by atoms with van der Waals surface area (Å²) in [6.07, 6.45) is 0. The Morgan fingerprint density at radius 2 is 1.65 bits per heavy atom.